The second-order valence-electron chi connectivity index (χ2n) is 10.2. The number of hydrogen-bond acceptors (Lipinski definition) is 7. The van der Waals surface area contributed by atoms with Gasteiger partial charge in [0.25, 0.3) is 0 Å². The van der Waals surface area contributed by atoms with Gasteiger partial charge in [-0.05, 0) is 92.3 Å². The molecule has 0 radical (unpaired) electrons. The molecule has 2 aliphatic carbocycles. The van der Waals surface area contributed by atoms with E-state index in [-0.39, 0.29) is 5.95 Å². The molecule has 2 aliphatic rings. The molecule has 0 bridgehead atoms. The molecule has 38 heavy (non-hydrogen) atoms. The molecular formula is C30H34N8. The second-order valence-corrected chi connectivity index (χ2v) is 10.2. The van der Waals surface area contributed by atoms with E-state index in [1.165, 1.54) is 16.7 Å². The zero-order valence-corrected chi connectivity index (χ0v) is 21.8. The number of allylic oxidation sites excluding steroid dienone is 1. The molecule has 194 valence electrons. The second kappa shape index (κ2) is 10.8. The number of aryl methyl sites for hydroxylation is 4. The predicted molar refractivity (Wildman–Crippen MR) is 152 cm³/mol. The highest BCUT2D eigenvalue weighted by Gasteiger charge is 2.20. The molecule has 1 atom stereocenters. The third kappa shape index (κ3) is 5.04. The van der Waals surface area contributed by atoms with E-state index in [4.69, 9.17) is 5.73 Å². The number of fused-ring (bicyclic) bond motifs is 4. The molecule has 2 heterocycles. The van der Waals surface area contributed by atoms with Gasteiger partial charge in [-0.1, -0.05) is 42.5 Å². The molecule has 2 aromatic heterocycles. The molecule has 0 saturated heterocycles. The molecule has 0 fully saturated rings. The molecule has 0 saturated carbocycles. The van der Waals surface area contributed by atoms with Crippen molar-refractivity contribution in [1.29, 1.82) is 0 Å². The van der Waals surface area contributed by atoms with Crippen LogP contribution in [-0.4, -0.2) is 37.5 Å². The zero-order chi connectivity index (χ0) is 25.9. The molecule has 4 N–H and O–H groups in total. The van der Waals surface area contributed by atoms with Crippen LogP contribution in [0, 0.1) is 0 Å². The Balaban J connectivity index is 1.19. The van der Waals surface area contributed by atoms with Gasteiger partial charge in [0.05, 0.1) is 5.69 Å². The Labute approximate surface area is 223 Å². The van der Waals surface area contributed by atoms with E-state index in [1.807, 2.05) is 6.07 Å². The summed E-state index contributed by atoms with van der Waals surface area (Å²) in [7, 11) is 0. The molecule has 0 unspecified atom stereocenters. The van der Waals surface area contributed by atoms with Crippen molar-refractivity contribution < 1.29 is 0 Å². The summed E-state index contributed by atoms with van der Waals surface area (Å²) >= 11 is 0. The first-order valence-corrected chi connectivity index (χ1v) is 13.6. The molecule has 6 rings (SSSR count). The third-order valence-electron chi connectivity index (χ3n) is 7.62. The van der Waals surface area contributed by atoms with Crippen molar-refractivity contribution in [3.05, 3.63) is 82.9 Å². The van der Waals surface area contributed by atoms with Crippen LogP contribution in [0.1, 0.15) is 48.4 Å². The van der Waals surface area contributed by atoms with Crippen molar-refractivity contribution in [3.63, 3.8) is 0 Å². The molecule has 2 aromatic carbocycles. The van der Waals surface area contributed by atoms with Crippen LogP contribution in [-0.2, 0) is 25.7 Å². The number of benzene rings is 2. The minimum atomic E-state index is 0.278. The minimum Gasteiger partial charge on any atom is -0.368 e. The van der Waals surface area contributed by atoms with Crippen LogP contribution in [0.2, 0.25) is 0 Å². The third-order valence-corrected chi connectivity index (χ3v) is 7.62. The Bertz CT molecular complexity index is 1470. The quantitative estimate of drug-likeness (QED) is 0.251. The topological polar surface area (TPSA) is 107 Å². The van der Waals surface area contributed by atoms with Gasteiger partial charge < -0.3 is 16.4 Å². The summed E-state index contributed by atoms with van der Waals surface area (Å²) in [6.07, 6.45) is 11.7. The molecule has 8 heteroatoms. The smallest absolute Gasteiger partial charge is 0.248 e. The standard InChI is InChI=1S/C30H34N8/c1-2-3-17-32-24-14-11-20-12-16-25(18-22(20)13-15-24)33-30-34-29(31)38(37-30)27-19-23-9-6-8-21-7-4-5-10-26(21)28(23)36-35-27/h2-5,7,10,12,16,18-19,24,32H,6,8-9,11,13-15,17H2,1H3,(H3,31,33,34,37)/t24-/m0/s1. The Hall–Kier alpha value is -4.04. The van der Waals surface area contributed by atoms with Crippen LogP contribution in [0.3, 0.4) is 0 Å². The number of aromatic nitrogens is 5. The minimum absolute atomic E-state index is 0.278. The van der Waals surface area contributed by atoms with E-state index in [1.54, 1.807) is 4.68 Å². The average molecular weight is 507 g/mol. The fourth-order valence-corrected chi connectivity index (χ4v) is 5.59. The van der Waals surface area contributed by atoms with Gasteiger partial charge in [0, 0.05) is 23.8 Å². The lowest BCUT2D eigenvalue weighted by Crippen LogP contribution is -2.29. The highest BCUT2D eigenvalue weighted by molar-refractivity contribution is 5.68. The number of anilines is 3. The van der Waals surface area contributed by atoms with Crippen LogP contribution in [0.5, 0.6) is 0 Å². The van der Waals surface area contributed by atoms with Crippen molar-refractivity contribution in [1.82, 2.24) is 30.3 Å². The fourth-order valence-electron chi connectivity index (χ4n) is 5.59. The maximum absolute atomic E-state index is 6.28. The van der Waals surface area contributed by atoms with Crippen LogP contribution in [0.4, 0.5) is 17.6 Å². The van der Waals surface area contributed by atoms with Gasteiger partial charge in [0.2, 0.25) is 11.9 Å². The van der Waals surface area contributed by atoms with Crippen LogP contribution in [0.15, 0.2) is 60.7 Å². The molecule has 0 amide bonds. The van der Waals surface area contributed by atoms with E-state index in [2.05, 4.69) is 92.5 Å². The van der Waals surface area contributed by atoms with Gasteiger partial charge in [0.1, 0.15) is 0 Å². The number of nitrogen functional groups attached to an aromatic ring is 1. The van der Waals surface area contributed by atoms with Crippen molar-refractivity contribution in [2.45, 2.75) is 57.9 Å². The van der Waals surface area contributed by atoms with E-state index < -0.39 is 0 Å². The number of nitrogens with zero attached hydrogens (tertiary/aromatic N) is 5. The van der Waals surface area contributed by atoms with Gasteiger partial charge in [-0.3, -0.25) is 0 Å². The van der Waals surface area contributed by atoms with Crippen molar-refractivity contribution in [2.24, 2.45) is 0 Å². The van der Waals surface area contributed by atoms with Crippen LogP contribution >= 0.6 is 0 Å². The van der Waals surface area contributed by atoms with Gasteiger partial charge >= 0.3 is 0 Å². The summed E-state index contributed by atoms with van der Waals surface area (Å²) in [6, 6.07) is 17.6. The average Bonchev–Trinajstić information content (AvgIpc) is 3.08. The summed E-state index contributed by atoms with van der Waals surface area (Å²) < 4.78 is 1.57. The fraction of sp³-hybridized carbons (Fsp3) is 0.333. The SMILES string of the molecule is CC=CCN[C@H]1CCc2ccc(Nc3nc(N)n(-c4cc5c(nn4)-c4ccccc4CCC5)n3)cc2CC1. The van der Waals surface area contributed by atoms with E-state index in [0.29, 0.717) is 17.8 Å². The largest absolute Gasteiger partial charge is 0.368 e. The molecular weight excluding hydrogens is 472 g/mol. The van der Waals surface area contributed by atoms with Gasteiger partial charge in [-0.2, -0.15) is 9.67 Å². The Morgan fingerprint density at radius 2 is 1.79 bits per heavy atom. The molecule has 8 nitrogen and oxygen atoms in total. The lowest BCUT2D eigenvalue weighted by Gasteiger charge is -2.14. The maximum Gasteiger partial charge on any atom is 0.248 e. The summed E-state index contributed by atoms with van der Waals surface area (Å²) in [5, 5.41) is 20.7. The van der Waals surface area contributed by atoms with Gasteiger partial charge in [-0.25, -0.2) is 0 Å². The summed E-state index contributed by atoms with van der Waals surface area (Å²) in [4.78, 5) is 4.47. The van der Waals surface area contributed by atoms with Crippen molar-refractivity contribution in [3.8, 4) is 17.1 Å². The van der Waals surface area contributed by atoms with Crippen LogP contribution < -0.4 is 16.4 Å². The van der Waals surface area contributed by atoms with Crippen molar-refractivity contribution >= 4 is 17.6 Å². The van der Waals surface area contributed by atoms with Crippen molar-refractivity contribution in [2.75, 3.05) is 17.6 Å². The molecule has 4 aromatic rings. The highest BCUT2D eigenvalue weighted by Crippen LogP contribution is 2.31. The van der Waals surface area contributed by atoms with Crippen LogP contribution in [0.25, 0.3) is 17.1 Å². The summed E-state index contributed by atoms with van der Waals surface area (Å²) in [5.74, 6) is 1.31. The summed E-state index contributed by atoms with van der Waals surface area (Å²) in [5.41, 5.74) is 14.6. The molecule has 0 aliphatic heterocycles. The maximum atomic E-state index is 6.28. The van der Waals surface area contributed by atoms with Gasteiger partial charge in [-0.15, -0.1) is 15.3 Å². The Morgan fingerprint density at radius 1 is 0.947 bits per heavy atom. The number of hydrogen-bond donors (Lipinski definition) is 3. The predicted octanol–water partition coefficient (Wildman–Crippen LogP) is 4.95. The van der Waals surface area contributed by atoms with E-state index in [9.17, 15) is 0 Å². The number of nitrogens with two attached hydrogens (primary N) is 1. The lowest BCUT2D eigenvalue weighted by molar-refractivity contribution is 0.485. The lowest BCUT2D eigenvalue weighted by atomic mass is 10.0. The Kier molecular flexibility index (Phi) is 6.88. The first-order chi connectivity index (χ1) is 18.7. The first-order valence-electron chi connectivity index (χ1n) is 13.6. The number of rotatable bonds is 6. The monoisotopic (exact) mass is 506 g/mol. The number of nitrogens with one attached hydrogen (secondary N) is 2. The molecule has 0 spiro atoms. The van der Waals surface area contributed by atoms with E-state index >= 15 is 0 Å². The zero-order valence-electron chi connectivity index (χ0n) is 21.8. The van der Waals surface area contributed by atoms with Gasteiger partial charge in [0.15, 0.2) is 5.82 Å². The Morgan fingerprint density at radius 3 is 2.68 bits per heavy atom. The first kappa shape index (κ1) is 24.3. The highest BCUT2D eigenvalue weighted by atomic mass is 15.4. The van der Waals surface area contributed by atoms with E-state index in [0.717, 1.165) is 74.0 Å². The normalized spacial score (nSPS) is 16.8. The summed E-state index contributed by atoms with van der Waals surface area (Å²) in [6.45, 7) is 2.99.